The monoisotopic (exact) mass is 256 g/mol. The minimum absolute atomic E-state index is 0.152. The molecule has 0 radical (unpaired) electrons. The molecule has 0 aliphatic carbocycles. The second kappa shape index (κ2) is 6.50. The van der Waals surface area contributed by atoms with Crippen molar-refractivity contribution in [2.45, 2.75) is 37.7 Å². The van der Waals surface area contributed by atoms with E-state index in [0.717, 1.165) is 25.9 Å². The van der Waals surface area contributed by atoms with Crippen LogP contribution >= 0.6 is 0 Å². The SMILES string of the molecule is O=C(CNCC1(O)CCOC1)N1CCCCCC1. The average molecular weight is 256 g/mol. The minimum Gasteiger partial charge on any atom is -0.386 e. The van der Waals surface area contributed by atoms with Gasteiger partial charge in [0.15, 0.2) is 0 Å². The van der Waals surface area contributed by atoms with Crippen LogP contribution in [-0.4, -0.2) is 60.9 Å². The van der Waals surface area contributed by atoms with Crippen LogP contribution in [0.2, 0.25) is 0 Å². The molecular formula is C13H24N2O3. The van der Waals surface area contributed by atoms with E-state index in [2.05, 4.69) is 5.32 Å². The average Bonchev–Trinajstić information content (AvgIpc) is 2.64. The van der Waals surface area contributed by atoms with Crippen LogP contribution in [0.5, 0.6) is 0 Å². The lowest BCUT2D eigenvalue weighted by Crippen LogP contribution is -2.45. The highest BCUT2D eigenvalue weighted by Crippen LogP contribution is 2.16. The van der Waals surface area contributed by atoms with Crippen molar-refractivity contribution >= 4 is 5.91 Å². The predicted octanol–water partition coefficient (Wildman–Crippen LogP) is 0.130. The Labute approximate surface area is 108 Å². The molecule has 2 heterocycles. The third kappa shape index (κ3) is 3.93. The molecule has 2 N–H and O–H groups in total. The van der Waals surface area contributed by atoms with Crippen molar-refractivity contribution in [2.24, 2.45) is 0 Å². The van der Waals surface area contributed by atoms with Crippen LogP contribution in [0.25, 0.3) is 0 Å². The van der Waals surface area contributed by atoms with Crippen LogP contribution in [0.4, 0.5) is 0 Å². The maximum Gasteiger partial charge on any atom is 0.236 e. The summed E-state index contributed by atoms with van der Waals surface area (Å²) in [7, 11) is 0. The summed E-state index contributed by atoms with van der Waals surface area (Å²) in [6, 6.07) is 0. The number of rotatable bonds is 4. The first kappa shape index (κ1) is 13.8. The Balaban J connectivity index is 1.67. The lowest BCUT2D eigenvalue weighted by molar-refractivity contribution is -0.130. The Morgan fingerprint density at radius 2 is 2.00 bits per heavy atom. The van der Waals surface area contributed by atoms with Gasteiger partial charge in [0.1, 0.15) is 5.60 Å². The third-order valence-corrected chi connectivity index (χ3v) is 3.77. The fourth-order valence-corrected chi connectivity index (χ4v) is 2.57. The molecule has 5 nitrogen and oxygen atoms in total. The second-order valence-corrected chi connectivity index (χ2v) is 5.43. The number of amides is 1. The van der Waals surface area contributed by atoms with Crippen molar-refractivity contribution in [2.75, 3.05) is 39.4 Å². The predicted molar refractivity (Wildman–Crippen MR) is 68.3 cm³/mol. The third-order valence-electron chi connectivity index (χ3n) is 3.77. The molecule has 18 heavy (non-hydrogen) atoms. The van der Waals surface area contributed by atoms with Crippen LogP contribution in [0, 0.1) is 0 Å². The number of hydrogen-bond donors (Lipinski definition) is 2. The van der Waals surface area contributed by atoms with Gasteiger partial charge in [-0.05, 0) is 12.8 Å². The number of nitrogens with zero attached hydrogens (tertiary/aromatic N) is 1. The summed E-state index contributed by atoms with van der Waals surface area (Å²) in [5.41, 5.74) is -0.779. The number of hydrogen-bond acceptors (Lipinski definition) is 4. The van der Waals surface area contributed by atoms with E-state index < -0.39 is 5.60 Å². The minimum atomic E-state index is -0.779. The van der Waals surface area contributed by atoms with Gasteiger partial charge >= 0.3 is 0 Å². The van der Waals surface area contributed by atoms with Gasteiger partial charge < -0.3 is 20.1 Å². The Morgan fingerprint density at radius 1 is 1.28 bits per heavy atom. The van der Waals surface area contributed by atoms with Gasteiger partial charge in [0, 0.05) is 32.7 Å². The summed E-state index contributed by atoms with van der Waals surface area (Å²) < 4.78 is 5.17. The zero-order chi connectivity index (χ0) is 12.8. The van der Waals surface area contributed by atoms with Gasteiger partial charge in [-0.15, -0.1) is 0 Å². The van der Waals surface area contributed by atoms with Crippen molar-refractivity contribution in [1.29, 1.82) is 0 Å². The molecule has 0 bridgehead atoms. The molecule has 1 amide bonds. The van der Waals surface area contributed by atoms with Crippen LogP contribution in [0.15, 0.2) is 0 Å². The molecule has 0 spiro atoms. The van der Waals surface area contributed by atoms with Crippen molar-refractivity contribution in [3.8, 4) is 0 Å². The quantitative estimate of drug-likeness (QED) is 0.750. The molecule has 2 fully saturated rings. The largest absolute Gasteiger partial charge is 0.386 e. The summed E-state index contributed by atoms with van der Waals surface area (Å²) in [4.78, 5) is 13.9. The molecule has 0 saturated carbocycles. The Morgan fingerprint density at radius 3 is 2.61 bits per heavy atom. The van der Waals surface area contributed by atoms with Crippen molar-refractivity contribution in [3.05, 3.63) is 0 Å². The summed E-state index contributed by atoms with van der Waals surface area (Å²) in [6.07, 6.45) is 5.34. The number of nitrogens with one attached hydrogen (secondary N) is 1. The first-order chi connectivity index (χ1) is 8.70. The first-order valence-corrected chi connectivity index (χ1v) is 6.98. The highest BCUT2D eigenvalue weighted by Gasteiger charge is 2.31. The zero-order valence-electron chi connectivity index (χ0n) is 11.0. The van der Waals surface area contributed by atoms with Crippen molar-refractivity contribution in [3.63, 3.8) is 0 Å². The van der Waals surface area contributed by atoms with E-state index in [-0.39, 0.29) is 5.91 Å². The molecule has 2 saturated heterocycles. The molecule has 104 valence electrons. The molecule has 2 aliphatic rings. The van der Waals surface area contributed by atoms with Gasteiger partial charge in [0.2, 0.25) is 5.91 Å². The topological polar surface area (TPSA) is 61.8 Å². The van der Waals surface area contributed by atoms with E-state index >= 15 is 0 Å². The van der Waals surface area contributed by atoms with E-state index in [1.54, 1.807) is 0 Å². The van der Waals surface area contributed by atoms with Gasteiger partial charge in [0.25, 0.3) is 0 Å². The number of carbonyl (C=O) groups is 1. The van der Waals surface area contributed by atoms with Gasteiger partial charge in [-0.2, -0.15) is 0 Å². The Hall–Kier alpha value is -0.650. The molecule has 0 aromatic heterocycles. The summed E-state index contributed by atoms with van der Waals surface area (Å²) in [5, 5.41) is 13.1. The van der Waals surface area contributed by atoms with Crippen LogP contribution in [0.1, 0.15) is 32.1 Å². The highest BCUT2D eigenvalue weighted by atomic mass is 16.5. The zero-order valence-corrected chi connectivity index (χ0v) is 11.0. The number of likely N-dealkylation sites (tertiary alicyclic amines) is 1. The maximum absolute atomic E-state index is 12.0. The summed E-state index contributed by atoms with van der Waals surface area (Å²) in [6.45, 7) is 3.51. The molecule has 5 heteroatoms. The van der Waals surface area contributed by atoms with E-state index in [4.69, 9.17) is 4.74 Å². The maximum atomic E-state index is 12.0. The standard InChI is InChI=1S/C13H24N2O3/c16-12(15-6-3-1-2-4-7-15)9-14-10-13(17)5-8-18-11-13/h14,17H,1-11H2. The van der Waals surface area contributed by atoms with Gasteiger partial charge in [0.05, 0.1) is 13.2 Å². The number of aliphatic hydroxyl groups is 1. The number of carbonyl (C=O) groups excluding carboxylic acids is 1. The van der Waals surface area contributed by atoms with Crippen molar-refractivity contribution in [1.82, 2.24) is 10.2 Å². The first-order valence-electron chi connectivity index (χ1n) is 6.98. The van der Waals surface area contributed by atoms with Crippen molar-refractivity contribution < 1.29 is 14.6 Å². The lowest BCUT2D eigenvalue weighted by Gasteiger charge is -2.23. The number of ether oxygens (including phenoxy) is 1. The molecule has 0 aromatic rings. The van der Waals surface area contributed by atoms with Crippen LogP contribution in [0.3, 0.4) is 0 Å². The lowest BCUT2D eigenvalue weighted by atomic mass is 10.0. The molecule has 1 unspecified atom stereocenters. The fraction of sp³-hybridized carbons (Fsp3) is 0.923. The fourth-order valence-electron chi connectivity index (χ4n) is 2.57. The Kier molecular flexibility index (Phi) is 4.97. The molecular weight excluding hydrogens is 232 g/mol. The molecule has 2 rings (SSSR count). The second-order valence-electron chi connectivity index (χ2n) is 5.43. The van der Waals surface area contributed by atoms with E-state index in [1.807, 2.05) is 4.90 Å². The van der Waals surface area contributed by atoms with E-state index in [0.29, 0.717) is 32.7 Å². The summed E-state index contributed by atoms with van der Waals surface area (Å²) in [5.74, 6) is 0.152. The van der Waals surface area contributed by atoms with Crippen LogP contribution < -0.4 is 5.32 Å². The molecule has 2 aliphatic heterocycles. The van der Waals surface area contributed by atoms with Crippen LogP contribution in [-0.2, 0) is 9.53 Å². The molecule has 1 atom stereocenters. The molecule has 0 aromatic carbocycles. The summed E-state index contributed by atoms with van der Waals surface area (Å²) >= 11 is 0. The normalized spacial score (nSPS) is 29.3. The Bertz CT molecular complexity index is 269. The smallest absolute Gasteiger partial charge is 0.236 e. The van der Waals surface area contributed by atoms with Gasteiger partial charge in [-0.1, -0.05) is 12.8 Å². The van der Waals surface area contributed by atoms with E-state index in [1.165, 1.54) is 12.8 Å². The van der Waals surface area contributed by atoms with Gasteiger partial charge in [-0.3, -0.25) is 4.79 Å². The van der Waals surface area contributed by atoms with E-state index in [9.17, 15) is 9.90 Å². The van der Waals surface area contributed by atoms with Gasteiger partial charge in [-0.25, -0.2) is 0 Å². The highest BCUT2D eigenvalue weighted by molar-refractivity contribution is 5.78.